The van der Waals surface area contributed by atoms with E-state index in [4.69, 9.17) is 0 Å². The average molecular weight is 218 g/mol. The number of carbonyl (C=O) groups is 3. The van der Waals surface area contributed by atoms with Gasteiger partial charge in [0.25, 0.3) is 0 Å². The summed E-state index contributed by atoms with van der Waals surface area (Å²) in [6.07, 6.45) is -0.103. The lowest BCUT2D eigenvalue weighted by molar-refractivity contribution is -0.145. The number of Topliss-reactive ketones (excluding diaryl/α,β-unsaturated/α-hetero) is 1. The monoisotopic (exact) mass is 218 g/mol. The molecule has 0 atom stereocenters. The Morgan fingerprint density at radius 1 is 0.933 bits per heavy atom. The molecule has 0 aliphatic carbocycles. The van der Waals surface area contributed by atoms with Crippen LogP contribution >= 0.6 is 0 Å². The molecule has 0 saturated heterocycles. The van der Waals surface area contributed by atoms with E-state index < -0.39 is 5.97 Å². The lowest BCUT2D eigenvalue weighted by Gasteiger charge is -1.96. The van der Waals surface area contributed by atoms with Crippen molar-refractivity contribution in [2.75, 3.05) is 13.2 Å². The van der Waals surface area contributed by atoms with Crippen molar-refractivity contribution in [3.8, 4) is 0 Å². The Morgan fingerprint density at radius 2 is 1.40 bits per heavy atom. The van der Waals surface area contributed by atoms with Gasteiger partial charge in [0.15, 0.2) is 0 Å². The third-order valence-electron chi connectivity index (χ3n) is 1.05. The summed E-state index contributed by atoms with van der Waals surface area (Å²) in [6, 6.07) is 0. The number of rotatable bonds is 4. The zero-order valence-corrected chi connectivity index (χ0v) is 9.66. The molecule has 5 nitrogen and oxygen atoms in total. The van der Waals surface area contributed by atoms with E-state index >= 15 is 0 Å². The molecule has 0 N–H and O–H groups in total. The van der Waals surface area contributed by atoms with E-state index in [9.17, 15) is 14.4 Å². The molecule has 0 aromatic rings. The molecule has 0 amide bonds. The highest BCUT2D eigenvalue weighted by atomic mass is 16.5. The van der Waals surface area contributed by atoms with Crippen LogP contribution in [0, 0.1) is 0 Å². The van der Waals surface area contributed by atoms with E-state index in [0.29, 0.717) is 13.2 Å². The fourth-order valence-electron chi connectivity index (χ4n) is 0.619. The second-order valence-electron chi connectivity index (χ2n) is 2.61. The van der Waals surface area contributed by atoms with E-state index in [1.54, 1.807) is 13.8 Å². The zero-order chi connectivity index (χ0) is 12.3. The number of hydrogen-bond acceptors (Lipinski definition) is 5. The van der Waals surface area contributed by atoms with Crippen LogP contribution in [-0.2, 0) is 23.9 Å². The second-order valence-corrected chi connectivity index (χ2v) is 2.61. The van der Waals surface area contributed by atoms with Gasteiger partial charge in [-0.1, -0.05) is 0 Å². The Kier molecular flexibility index (Phi) is 11.4. The van der Waals surface area contributed by atoms with Crippen molar-refractivity contribution in [2.24, 2.45) is 0 Å². The number of ether oxygens (including phenoxy) is 2. The number of carbonyl (C=O) groups excluding carboxylic acids is 3. The topological polar surface area (TPSA) is 69.7 Å². The molecular weight excluding hydrogens is 200 g/mol. The first-order valence-electron chi connectivity index (χ1n) is 4.72. The largest absolute Gasteiger partial charge is 0.466 e. The molecular formula is C10H18O5. The summed E-state index contributed by atoms with van der Waals surface area (Å²) in [5, 5.41) is 0. The van der Waals surface area contributed by atoms with Gasteiger partial charge in [0, 0.05) is 6.92 Å². The van der Waals surface area contributed by atoms with Crippen molar-refractivity contribution in [2.45, 2.75) is 34.1 Å². The molecule has 0 aliphatic heterocycles. The normalized spacial score (nSPS) is 8.27. The first-order valence-corrected chi connectivity index (χ1v) is 4.72. The average Bonchev–Trinajstić information content (AvgIpc) is 2.03. The van der Waals surface area contributed by atoms with Crippen LogP contribution in [0.5, 0.6) is 0 Å². The molecule has 0 unspecified atom stereocenters. The maximum Gasteiger partial charge on any atom is 0.313 e. The summed E-state index contributed by atoms with van der Waals surface area (Å²) in [5.41, 5.74) is 0. The summed E-state index contributed by atoms with van der Waals surface area (Å²) in [4.78, 5) is 30.5. The molecule has 0 spiro atoms. The van der Waals surface area contributed by atoms with Gasteiger partial charge in [-0.05, 0) is 20.8 Å². The van der Waals surface area contributed by atoms with Gasteiger partial charge in [0.1, 0.15) is 12.2 Å². The SMILES string of the molecule is CCOC(=O)CC(C)=O.CCOC(C)=O. The van der Waals surface area contributed by atoms with Gasteiger partial charge in [0.2, 0.25) is 0 Å². The first kappa shape index (κ1) is 16.1. The number of ketones is 1. The summed E-state index contributed by atoms with van der Waals surface area (Å²) in [5.74, 6) is -0.809. The maximum atomic E-state index is 10.4. The predicted octanol–water partition coefficient (Wildman–Crippen LogP) is 1.10. The van der Waals surface area contributed by atoms with Crippen molar-refractivity contribution >= 4 is 17.7 Å². The molecule has 0 bridgehead atoms. The van der Waals surface area contributed by atoms with Crippen LogP contribution in [0.2, 0.25) is 0 Å². The summed E-state index contributed by atoms with van der Waals surface area (Å²) < 4.78 is 8.90. The van der Waals surface area contributed by atoms with Gasteiger partial charge < -0.3 is 9.47 Å². The summed E-state index contributed by atoms with van der Waals surface area (Å²) >= 11 is 0. The van der Waals surface area contributed by atoms with E-state index in [2.05, 4.69) is 9.47 Å². The predicted molar refractivity (Wildman–Crippen MR) is 54.2 cm³/mol. The van der Waals surface area contributed by atoms with Gasteiger partial charge in [0.05, 0.1) is 13.2 Å². The fourth-order valence-corrected chi connectivity index (χ4v) is 0.619. The quantitative estimate of drug-likeness (QED) is 0.522. The fraction of sp³-hybridized carbons (Fsp3) is 0.700. The van der Waals surface area contributed by atoms with Crippen LogP contribution in [0.4, 0.5) is 0 Å². The minimum atomic E-state index is -0.440. The Labute approximate surface area is 89.7 Å². The van der Waals surface area contributed by atoms with Gasteiger partial charge in [-0.3, -0.25) is 14.4 Å². The third-order valence-corrected chi connectivity index (χ3v) is 1.05. The van der Waals surface area contributed by atoms with Crippen molar-refractivity contribution in [3.05, 3.63) is 0 Å². The molecule has 88 valence electrons. The molecule has 5 heteroatoms. The molecule has 0 saturated carbocycles. The van der Waals surface area contributed by atoms with Gasteiger partial charge in [-0.15, -0.1) is 0 Å². The molecule has 0 aliphatic rings. The summed E-state index contributed by atoms with van der Waals surface area (Å²) in [7, 11) is 0. The van der Waals surface area contributed by atoms with Crippen LogP contribution in [0.25, 0.3) is 0 Å². The van der Waals surface area contributed by atoms with Crippen molar-refractivity contribution < 1.29 is 23.9 Å². The Balaban J connectivity index is 0. The highest BCUT2D eigenvalue weighted by Crippen LogP contribution is 1.86. The van der Waals surface area contributed by atoms with Crippen molar-refractivity contribution in [1.82, 2.24) is 0 Å². The zero-order valence-electron chi connectivity index (χ0n) is 9.66. The molecule has 0 aromatic carbocycles. The Bertz CT molecular complexity index is 210. The Hall–Kier alpha value is -1.39. The van der Waals surface area contributed by atoms with Crippen LogP contribution in [-0.4, -0.2) is 30.9 Å². The molecule has 15 heavy (non-hydrogen) atoms. The lowest BCUT2D eigenvalue weighted by Crippen LogP contribution is -2.07. The van der Waals surface area contributed by atoms with Gasteiger partial charge in [-0.25, -0.2) is 0 Å². The highest BCUT2D eigenvalue weighted by molar-refractivity contribution is 5.94. The highest BCUT2D eigenvalue weighted by Gasteiger charge is 2.03. The Morgan fingerprint density at radius 3 is 1.60 bits per heavy atom. The number of hydrogen-bond donors (Lipinski definition) is 0. The first-order chi connectivity index (χ1) is 6.93. The molecule has 0 fully saturated rings. The minimum Gasteiger partial charge on any atom is -0.466 e. The molecule has 0 radical (unpaired) electrons. The maximum absolute atomic E-state index is 10.4. The molecule has 0 heterocycles. The van der Waals surface area contributed by atoms with Crippen LogP contribution < -0.4 is 0 Å². The van der Waals surface area contributed by atoms with Gasteiger partial charge >= 0.3 is 11.9 Å². The van der Waals surface area contributed by atoms with E-state index in [-0.39, 0.29) is 18.2 Å². The molecule has 0 rings (SSSR count). The van der Waals surface area contributed by atoms with Crippen molar-refractivity contribution in [3.63, 3.8) is 0 Å². The van der Waals surface area contributed by atoms with Crippen LogP contribution in [0.1, 0.15) is 34.1 Å². The van der Waals surface area contributed by atoms with E-state index in [1.807, 2.05) is 0 Å². The summed E-state index contributed by atoms with van der Waals surface area (Å²) in [6.45, 7) is 7.06. The van der Waals surface area contributed by atoms with Crippen molar-refractivity contribution in [1.29, 1.82) is 0 Å². The minimum absolute atomic E-state index is 0.103. The van der Waals surface area contributed by atoms with Crippen LogP contribution in [0.15, 0.2) is 0 Å². The van der Waals surface area contributed by atoms with E-state index in [0.717, 1.165) is 0 Å². The standard InChI is InChI=1S/C6H10O3.C4H8O2/c1-3-9-6(8)4-5(2)7;1-3-6-4(2)5/h3-4H2,1-2H3;3H2,1-2H3. The third kappa shape index (κ3) is 19.1. The second kappa shape index (κ2) is 10.7. The van der Waals surface area contributed by atoms with E-state index in [1.165, 1.54) is 13.8 Å². The molecule has 0 aromatic heterocycles. The lowest BCUT2D eigenvalue weighted by atomic mass is 10.3. The smallest absolute Gasteiger partial charge is 0.313 e. The number of esters is 2. The van der Waals surface area contributed by atoms with Crippen LogP contribution in [0.3, 0.4) is 0 Å². The van der Waals surface area contributed by atoms with Gasteiger partial charge in [-0.2, -0.15) is 0 Å².